The first-order valence-corrected chi connectivity index (χ1v) is 9.01. The summed E-state index contributed by atoms with van der Waals surface area (Å²) >= 11 is 1.33. The summed E-state index contributed by atoms with van der Waals surface area (Å²) in [6.45, 7) is 1.40. The number of rotatable bonds is 8. The minimum atomic E-state index is -1.11. The third-order valence-electron chi connectivity index (χ3n) is 3.47. The van der Waals surface area contributed by atoms with Gasteiger partial charge in [0.05, 0.1) is 17.7 Å². The first kappa shape index (κ1) is 21.0. The molecule has 146 valence electrons. The molecule has 2 rings (SSSR count). The first-order chi connectivity index (χ1) is 13.4. The summed E-state index contributed by atoms with van der Waals surface area (Å²) < 4.78 is 10.1. The third kappa shape index (κ3) is 6.13. The highest BCUT2D eigenvalue weighted by molar-refractivity contribution is 8.02. The van der Waals surface area contributed by atoms with Crippen LogP contribution >= 0.6 is 11.8 Å². The average Bonchev–Trinajstić information content (AvgIpc) is 2.68. The van der Waals surface area contributed by atoms with Gasteiger partial charge < -0.3 is 14.8 Å². The molecule has 0 aliphatic rings. The molecule has 0 radical (unpaired) electrons. The monoisotopic (exact) mass is 402 g/mol. The lowest BCUT2D eigenvalue weighted by Crippen LogP contribution is -2.29. The van der Waals surface area contributed by atoms with Crippen LogP contribution in [-0.4, -0.2) is 30.0 Å². The highest BCUT2D eigenvalue weighted by Gasteiger charge is 2.20. The maximum Gasteiger partial charge on any atom is 0.332 e. The fraction of sp³-hybridized carbons (Fsp3) is 0.158. The molecule has 2 aromatic rings. The van der Waals surface area contributed by atoms with Gasteiger partial charge in [-0.05, 0) is 30.5 Å². The van der Waals surface area contributed by atoms with Crippen LogP contribution in [0.25, 0.3) is 0 Å². The third-order valence-corrected chi connectivity index (χ3v) is 4.28. The summed E-state index contributed by atoms with van der Waals surface area (Å²) in [5.74, 6) is -1.08. The average molecular weight is 402 g/mol. The van der Waals surface area contributed by atoms with E-state index in [0.717, 1.165) is 4.90 Å². The van der Waals surface area contributed by atoms with Gasteiger partial charge in [0.25, 0.3) is 11.6 Å². The second-order valence-electron chi connectivity index (χ2n) is 5.44. The van der Waals surface area contributed by atoms with E-state index in [0.29, 0.717) is 0 Å². The molecule has 0 bridgehead atoms. The first-order valence-electron chi connectivity index (χ1n) is 8.13. The van der Waals surface area contributed by atoms with Crippen molar-refractivity contribution in [2.75, 3.05) is 12.4 Å². The van der Waals surface area contributed by atoms with Crippen molar-refractivity contribution >= 4 is 35.0 Å². The van der Waals surface area contributed by atoms with Crippen molar-refractivity contribution in [3.63, 3.8) is 0 Å². The van der Waals surface area contributed by atoms with Gasteiger partial charge in [0, 0.05) is 23.1 Å². The van der Waals surface area contributed by atoms with E-state index in [4.69, 9.17) is 9.47 Å². The minimum absolute atomic E-state index is 0.111. The van der Waals surface area contributed by atoms with E-state index in [2.05, 4.69) is 5.32 Å². The molecule has 0 aromatic heterocycles. The van der Waals surface area contributed by atoms with Gasteiger partial charge in [-0.3, -0.25) is 14.9 Å². The number of anilines is 1. The highest BCUT2D eigenvalue weighted by atomic mass is 32.2. The highest BCUT2D eigenvalue weighted by Crippen LogP contribution is 2.29. The Morgan fingerprint density at radius 2 is 1.93 bits per heavy atom. The standard InChI is InChI=1S/C19H18N2O6S/c1-13(27-18(22)10-11-28-15-6-4-3-5-7-15)19(23)20-16-12-14(21(24)25)8-9-17(16)26-2/h3-13H,1-2H3,(H,20,23)/b11-10+/t13-/m0/s1. The Kier molecular flexibility index (Phi) is 7.58. The zero-order chi connectivity index (χ0) is 20.5. The Balaban J connectivity index is 1.94. The number of carbonyl (C=O) groups excluding carboxylic acids is 2. The van der Waals surface area contributed by atoms with Crippen molar-refractivity contribution in [1.29, 1.82) is 0 Å². The van der Waals surface area contributed by atoms with Crippen molar-refractivity contribution < 1.29 is 24.0 Å². The lowest BCUT2D eigenvalue weighted by Gasteiger charge is -2.14. The van der Waals surface area contributed by atoms with Crippen LogP contribution in [0, 0.1) is 10.1 Å². The summed E-state index contributed by atoms with van der Waals surface area (Å²) in [4.78, 5) is 35.4. The van der Waals surface area contributed by atoms with Crippen molar-refractivity contribution in [3.8, 4) is 5.75 Å². The number of esters is 1. The second kappa shape index (κ2) is 10.1. The van der Waals surface area contributed by atoms with Crippen molar-refractivity contribution in [2.45, 2.75) is 17.9 Å². The lowest BCUT2D eigenvalue weighted by atomic mass is 10.2. The molecule has 8 nitrogen and oxygen atoms in total. The Hall–Kier alpha value is -3.33. The fourth-order valence-corrected chi connectivity index (χ4v) is 2.73. The second-order valence-corrected chi connectivity index (χ2v) is 6.42. The number of benzene rings is 2. The van der Waals surface area contributed by atoms with Gasteiger partial charge in [-0.2, -0.15) is 0 Å². The van der Waals surface area contributed by atoms with E-state index >= 15 is 0 Å². The van der Waals surface area contributed by atoms with Crippen molar-refractivity contribution in [1.82, 2.24) is 0 Å². The van der Waals surface area contributed by atoms with E-state index in [1.807, 2.05) is 30.3 Å². The normalized spacial score (nSPS) is 11.6. The van der Waals surface area contributed by atoms with Crippen molar-refractivity contribution in [3.05, 3.63) is 70.1 Å². The number of ether oxygens (including phenoxy) is 2. The molecule has 1 amide bonds. The Morgan fingerprint density at radius 3 is 2.57 bits per heavy atom. The van der Waals surface area contributed by atoms with Crippen LogP contribution in [-0.2, 0) is 14.3 Å². The SMILES string of the molecule is COc1ccc([N+](=O)[O-])cc1NC(=O)[C@H](C)OC(=O)/C=C/Sc1ccccc1. The van der Waals surface area contributed by atoms with Gasteiger partial charge in [0.2, 0.25) is 0 Å². The molecule has 0 spiro atoms. The number of nitrogens with one attached hydrogen (secondary N) is 1. The quantitative estimate of drug-likeness (QED) is 0.235. The molecule has 0 saturated carbocycles. The predicted octanol–water partition coefficient (Wildman–Crippen LogP) is 3.78. The number of nitro groups is 1. The number of methoxy groups -OCH3 is 1. The maximum absolute atomic E-state index is 12.2. The van der Waals surface area contributed by atoms with E-state index in [1.54, 1.807) is 5.41 Å². The molecule has 0 aliphatic heterocycles. The number of nitrogens with zero attached hydrogens (tertiary/aromatic N) is 1. The summed E-state index contributed by atoms with van der Waals surface area (Å²) in [5, 5.41) is 14.9. The Bertz CT molecular complexity index is 885. The molecule has 0 heterocycles. The summed E-state index contributed by atoms with van der Waals surface area (Å²) in [5.41, 5.74) is -0.0959. The van der Waals surface area contributed by atoms with Crippen LogP contribution < -0.4 is 10.1 Å². The van der Waals surface area contributed by atoms with Crippen LogP contribution in [0.2, 0.25) is 0 Å². The molecule has 1 N–H and O–H groups in total. The van der Waals surface area contributed by atoms with Crippen LogP contribution in [0.5, 0.6) is 5.75 Å². The van der Waals surface area contributed by atoms with E-state index < -0.39 is 22.9 Å². The molecule has 0 saturated heterocycles. The van der Waals surface area contributed by atoms with Gasteiger partial charge in [-0.25, -0.2) is 4.79 Å². The smallest absolute Gasteiger partial charge is 0.332 e. The number of hydrogen-bond donors (Lipinski definition) is 1. The van der Waals surface area contributed by atoms with Gasteiger partial charge >= 0.3 is 5.97 Å². The topological polar surface area (TPSA) is 108 Å². The molecular formula is C19H18N2O6S. The molecule has 28 heavy (non-hydrogen) atoms. The van der Waals surface area contributed by atoms with Gasteiger partial charge in [0.1, 0.15) is 5.75 Å². The predicted molar refractivity (Wildman–Crippen MR) is 105 cm³/mol. The zero-order valence-electron chi connectivity index (χ0n) is 15.2. The number of amides is 1. The van der Waals surface area contributed by atoms with Crippen molar-refractivity contribution in [2.24, 2.45) is 0 Å². The number of nitro benzene ring substituents is 1. The molecule has 0 unspecified atom stereocenters. The minimum Gasteiger partial charge on any atom is -0.495 e. The van der Waals surface area contributed by atoms with Gasteiger partial charge in [0.15, 0.2) is 6.10 Å². The molecule has 0 aliphatic carbocycles. The number of non-ortho nitro benzene ring substituents is 1. The summed E-state index contributed by atoms with van der Waals surface area (Å²) in [6, 6.07) is 13.2. The van der Waals surface area contributed by atoms with Crippen LogP contribution in [0.4, 0.5) is 11.4 Å². The molecule has 0 fully saturated rings. The molecule has 1 atom stereocenters. The number of thioether (sulfide) groups is 1. The zero-order valence-corrected chi connectivity index (χ0v) is 16.0. The summed E-state index contributed by atoms with van der Waals surface area (Å²) in [6.07, 6.45) is 0.109. The largest absolute Gasteiger partial charge is 0.495 e. The Labute approximate surface area is 165 Å². The molecule has 9 heteroatoms. The maximum atomic E-state index is 12.2. The van der Waals surface area contributed by atoms with Crippen LogP contribution in [0.15, 0.2) is 64.9 Å². The fourth-order valence-electron chi connectivity index (χ4n) is 2.08. The molecule has 2 aromatic carbocycles. The number of carbonyl (C=O) groups is 2. The van der Waals surface area contributed by atoms with Gasteiger partial charge in [-0.1, -0.05) is 30.0 Å². The molecular weight excluding hydrogens is 384 g/mol. The van der Waals surface area contributed by atoms with Gasteiger partial charge in [-0.15, -0.1) is 0 Å². The van der Waals surface area contributed by atoms with E-state index in [9.17, 15) is 19.7 Å². The Morgan fingerprint density at radius 1 is 1.21 bits per heavy atom. The summed E-state index contributed by atoms with van der Waals surface area (Å²) in [7, 11) is 1.37. The lowest BCUT2D eigenvalue weighted by molar-refractivity contribution is -0.384. The van der Waals surface area contributed by atoms with E-state index in [1.165, 1.54) is 50.1 Å². The van der Waals surface area contributed by atoms with Crippen LogP contribution in [0.1, 0.15) is 6.92 Å². The van der Waals surface area contributed by atoms with Crippen LogP contribution in [0.3, 0.4) is 0 Å². The van der Waals surface area contributed by atoms with E-state index in [-0.39, 0.29) is 17.1 Å². The number of hydrogen-bond acceptors (Lipinski definition) is 7.